The highest BCUT2D eigenvalue weighted by molar-refractivity contribution is 7.89. The number of nitrogens with zero attached hydrogens (tertiary/aromatic N) is 4. The third kappa shape index (κ3) is 5.17. The Morgan fingerprint density at radius 1 is 0.941 bits per heavy atom. The van der Waals surface area contributed by atoms with Crippen LogP contribution in [0.4, 0.5) is 4.79 Å². The first-order valence-electron chi connectivity index (χ1n) is 11.2. The largest absolute Gasteiger partial charge is 0.456 e. The van der Waals surface area contributed by atoms with Gasteiger partial charge in [0.05, 0.1) is 24.8 Å². The minimum atomic E-state index is -3.95. The molecule has 0 bridgehead atoms. The molecule has 2 heterocycles. The molecular formula is C24H28N4O5S. The number of aryl methyl sites for hydroxylation is 2. The minimum Gasteiger partial charge on any atom is -0.456 e. The van der Waals surface area contributed by atoms with E-state index in [1.165, 1.54) is 22.5 Å². The van der Waals surface area contributed by atoms with Crippen LogP contribution in [-0.2, 0) is 14.8 Å². The maximum Gasteiger partial charge on any atom is 0.320 e. The van der Waals surface area contributed by atoms with E-state index in [-0.39, 0.29) is 35.3 Å². The van der Waals surface area contributed by atoms with Crippen LogP contribution >= 0.6 is 0 Å². The average molecular weight is 485 g/mol. The number of hydrogen-bond acceptors (Lipinski definition) is 6. The Morgan fingerprint density at radius 2 is 1.56 bits per heavy atom. The topological polar surface area (TPSA) is 103 Å². The number of ether oxygens (including phenoxy) is 2. The number of hydrogen-bond donors (Lipinski definition) is 0. The fourth-order valence-corrected chi connectivity index (χ4v) is 5.76. The highest BCUT2D eigenvalue weighted by atomic mass is 32.2. The van der Waals surface area contributed by atoms with Gasteiger partial charge in [-0.15, -0.1) is 0 Å². The molecule has 0 unspecified atom stereocenters. The van der Waals surface area contributed by atoms with Crippen LogP contribution in [0.15, 0.2) is 41.3 Å². The van der Waals surface area contributed by atoms with Crippen molar-refractivity contribution >= 4 is 16.1 Å². The van der Waals surface area contributed by atoms with Gasteiger partial charge in [-0.05, 0) is 55.3 Å². The molecule has 10 heteroatoms. The van der Waals surface area contributed by atoms with Gasteiger partial charge in [-0.2, -0.15) is 9.57 Å². The number of piperazine rings is 1. The van der Waals surface area contributed by atoms with E-state index in [9.17, 15) is 18.5 Å². The lowest BCUT2D eigenvalue weighted by atomic mass is 10.1. The highest BCUT2D eigenvalue weighted by Gasteiger charge is 2.34. The van der Waals surface area contributed by atoms with Crippen molar-refractivity contribution in [2.45, 2.75) is 18.7 Å². The number of carbonyl (C=O) groups excluding carboxylic acids is 1. The molecular weight excluding hydrogens is 456 g/mol. The third-order valence-corrected chi connectivity index (χ3v) is 7.82. The normalized spacial score (nSPS) is 17.3. The van der Waals surface area contributed by atoms with Crippen molar-refractivity contribution in [3.63, 3.8) is 0 Å². The Kier molecular flexibility index (Phi) is 7.07. The van der Waals surface area contributed by atoms with Gasteiger partial charge < -0.3 is 19.3 Å². The van der Waals surface area contributed by atoms with Gasteiger partial charge in [0.15, 0.2) is 0 Å². The van der Waals surface area contributed by atoms with Crippen molar-refractivity contribution in [1.29, 1.82) is 5.26 Å². The molecule has 0 aromatic heterocycles. The standard InChI is InChI=1S/C24H28N4O5S/c1-18-13-19(2)15-21(14-18)33-22-4-3-20(17-25)16-23(22)34(30,31)28-7-5-26(6-8-28)24(29)27-9-11-32-12-10-27/h3-4,13-16H,5-12H2,1-2H3. The molecule has 0 saturated carbocycles. The van der Waals surface area contributed by atoms with E-state index in [0.29, 0.717) is 45.1 Å². The van der Waals surface area contributed by atoms with E-state index in [2.05, 4.69) is 0 Å². The third-order valence-electron chi connectivity index (χ3n) is 5.90. The summed E-state index contributed by atoms with van der Waals surface area (Å²) in [6.07, 6.45) is 0. The molecule has 2 aliphatic rings. The van der Waals surface area contributed by atoms with E-state index in [4.69, 9.17) is 9.47 Å². The van der Waals surface area contributed by atoms with Crippen LogP contribution in [0.25, 0.3) is 0 Å². The molecule has 34 heavy (non-hydrogen) atoms. The molecule has 2 amide bonds. The molecule has 9 nitrogen and oxygen atoms in total. The van der Waals surface area contributed by atoms with E-state index < -0.39 is 10.0 Å². The van der Waals surface area contributed by atoms with E-state index in [1.54, 1.807) is 9.80 Å². The quantitative estimate of drug-likeness (QED) is 0.661. The van der Waals surface area contributed by atoms with Gasteiger partial charge in [0.2, 0.25) is 10.0 Å². The van der Waals surface area contributed by atoms with Crippen LogP contribution in [0.2, 0.25) is 0 Å². The Labute approximate surface area is 200 Å². The van der Waals surface area contributed by atoms with Gasteiger partial charge in [0.1, 0.15) is 16.4 Å². The van der Waals surface area contributed by atoms with Gasteiger partial charge in [0.25, 0.3) is 0 Å². The van der Waals surface area contributed by atoms with Crippen LogP contribution in [0.1, 0.15) is 16.7 Å². The maximum absolute atomic E-state index is 13.6. The predicted octanol–water partition coefficient (Wildman–Crippen LogP) is 2.73. The van der Waals surface area contributed by atoms with Crippen molar-refractivity contribution in [2.75, 3.05) is 52.5 Å². The predicted molar refractivity (Wildman–Crippen MR) is 125 cm³/mol. The Bertz CT molecular complexity index is 1190. The van der Waals surface area contributed by atoms with Crippen LogP contribution in [0.3, 0.4) is 0 Å². The number of benzene rings is 2. The lowest BCUT2D eigenvalue weighted by Gasteiger charge is -2.38. The first-order chi connectivity index (χ1) is 16.3. The number of amides is 2. The molecule has 0 atom stereocenters. The van der Waals surface area contributed by atoms with Crippen molar-refractivity contribution in [2.24, 2.45) is 0 Å². The lowest BCUT2D eigenvalue weighted by molar-refractivity contribution is 0.0405. The van der Waals surface area contributed by atoms with Crippen molar-refractivity contribution < 1.29 is 22.7 Å². The molecule has 180 valence electrons. The summed E-state index contributed by atoms with van der Waals surface area (Å²) in [7, 11) is -3.95. The van der Waals surface area contributed by atoms with Crippen molar-refractivity contribution in [3.8, 4) is 17.6 Å². The highest BCUT2D eigenvalue weighted by Crippen LogP contribution is 2.33. The fraction of sp³-hybridized carbons (Fsp3) is 0.417. The van der Waals surface area contributed by atoms with E-state index in [1.807, 2.05) is 38.1 Å². The zero-order chi connectivity index (χ0) is 24.3. The maximum atomic E-state index is 13.6. The summed E-state index contributed by atoms with van der Waals surface area (Å²) < 4.78 is 39.8. The zero-order valence-electron chi connectivity index (χ0n) is 19.4. The molecule has 0 spiro atoms. The first kappa shape index (κ1) is 24.0. The summed E-state index contributed by atoms with van der Waals surface area (Å²) in [5.41, 5.74) is 2.22. The summed E-state index contributed by atoms with van der Waals surface area (Å²) in [4.78, 5) is 16.1. The molecule has 4 rings (SSSR count). The van der Waals surface area contributed by atoms with Crippen molar-refractivity contribution in [3.05, 3.63) is 53.1 Å². The molecule has 2 fully saturated rings. The molecule has 2 aliphatic heterocycles. The second kappa shape index (κ2) is 10.0. The van der Waals surface area contributed by atoms with Gasteiger partial charge >= 0.3 is 6.03 Å². The second-order valence-corrected chi connectivity index (χ2v) is 10.4. The van der Waals surface area contributed by atoms with Gasteiger partial charge in [-0.25, -0.2) is 13.2 Å². The van der Waals surface area contributed by atoms with Gasteiger partial charge in [-0.3, -0.25) is 0 Å². The summed E-state index contributed by atoms with van der Waals surface area (Å²) >= 11 is 0. The van der Waals surface area contributed by atoms with Gasteiger partial charge in [-0.1, -0.05) is 6.07 Å². The Hall–Kier alpha value is -3.13. The average Bonchev–Trinajstić information content (AvgIpc) is 2.83. The summed E-state index contributed by atoms with van der Waals surface area (Å²) in [6, 6.07) is 12.0. The number of morpholine rings is 1. The first-order valence-corrected chi connectivity index (χ1v) is 12.6. The SMILES string of the molecule is Cc1cc(C)cc(Oc2ccc(C#N)cc2S(=O)(=O)N2CCN(C(=O)N3CCOCC3)CC2)c1. The monoisotopic (exact) mass is 484 g/mol. The smallest absolute Gasteiger partial charge is 0.320 e. The number of nitriles is 1. The van der Waals surface area contributed by atoms with Crippen molar-refractivity contribution in [1.82, 2.24) is 14.1 Å². The number of sulfonamides is 1. The number of carbonyl (C=O) groups is 1. The summed E-state index contributed by atoms with van der Waals surface area (Å²) in [6.45, 7) is 6.89. The molecule has 2 aromatic rings. The molecule has 0 radical (unpaired) electrons. The second-order valence-electron chi connectivity index (χ2n) is 8.47. The van der Waals surface area contributed by atoms with Crippen LogP contribution < -0.4 is 4.74 Å². The van der Waals surface area contributed by atoms with E-state index in [0.717, 1.165) is 11.1 Å². The summed E-state index contributed by atoms with van der Waals surface area (Å²) in [5, 5.41) is 9.35. The van der Waals surface area contributed by atoms with Crippen LogP contribution in [-0.4, -0.2) is 81.0 Å². The molecule has 0 N–H and O–H groups in total. The van der Waals surface area contributed by atoms with E-state index >= 15 is 0 Å². The zero-order valence-corrected chi connectivity index (χ0v) is 20.2. The number of urea groups is 1. The summed E-state index contributed by atoms with van der Waals surface area (Å²) in [5.74, 6) is 0.690. The Morgan fingerprint density at radius 3 is 2.18 bits per heavy atom. The Balaban J connectivity index is 1.54. The van der Waals surface area contributed by atoms with Crippen LogP contribution in [0.5, 0.6) is 11.5 Å². The fourth-order valence-electron chi connectivity index (χ4n) is 4.20. The number of rotatable bonds is 4. The lowest BCUT2D eigenvalue weighted by Crippen LogP contribution is -2.55. The molecule has 0 aliphatic carbocycles. The minimum absolute atomic E-state index is 0.0568. The molecule has 2 aromatic carbocycles. The molecule has 2 saturated heterocycles. The van der Waals surface area contributed by atoms with Crippen LogP contribution in [0, 0.1) is 25.2 Å². The van der Waals surface area contributed by atoms with Gasteiger partial charge in [0, 0.05) is 39.3 Å².